The van der Waals surface area contributed by atoms with Crippen molar-refractivity contribution in [1.29, 1.82) is 0 Å². The zero-order chi connectivity index (χ0) is 14.1. The lowest BCUT2D eigenvalue weighted by Gasteiger charge is -2.07. The van der Waals surface area contributed by atoms with Crippen LogP contribution in [0.1, 0.15) is 11.1 Å². The molecule has 20 heavy (non-hydrogen) atoms. The number of aromatic nitrogens is 1. The number of rotatable bonds is 3. The molecule has 3 rings (SSSR count). The Morgan fingerprint density at radius 2 is 2.00 bits per heavy atom. The molecule has 0 aliphatic heterocycles. The van der Waals surface area contributed by atoms with Gasteiger partial charge in [-0.15, -0.1) is 0 Å². The zero-order valence-electron chi connectivity index (χ0n) is 11.5. The molecule has 1 N–H and O–H groups in total. The molecule has 4 heteroatoms. The van der Waals surface area contributed by atoms with E-state index in [2.05, 4.69) is 11.4 Å². The number of nitrogens with one attached hydrogen (secondary N) is 1. The predicted octanol–water partition coefficient (Wildman–Crippen LogP) is 2.99. The molecule has 0 radical (unpaired) electrons. The molecule has 0 saturated heterocycles. The van der Waals surface area contributed by atoms with Crippen LogP contribution in [0.3, 0.4) is 0 Å². The number of oxazole rings is 1. The number of fused-ring (bicyclic) bond motifs is 1. The van der Waals surface area contributed by atoms with Crippen LogP contribution in [0.25, 0.3) is 11.1 Å². The third-order valence-electron chi connectivity index (χ3n) is 3.38. The lowest BCUT2D eigenvalue weighted by molar-refractivity contribution is 0.517. The second-order valence-electron chi connectivity index (χ2n) is 4.85. The Labute approximate surface area is 116 Å². The summed E-state index contributed by atoms with van der Waals surface area (Å²) < 4.78 is 6.97. The fourth-order valence-corrected chi connectivity index (χ4v) is 2.46. The summed E-state index contributed by atoms with van der Waals surface area (Å²) >= 11 is 0. The molecule has 2 aromatic carbocycles. The van der Waals surface area contributed by atoms with Gasteiger partial charge in [0.25, 0.3) is 0 Å². The van der Waals surface area contributed by atoms with Gasteiger partial charge in [0.2, 0.25) is 0 Å². The summed E-state index contributed by atoms with van der Waals surface area (Å²) in [5, 5.41) is 3.10. The molecule has 0 fully saturated rings. The lowest BCUT2D eigenvalue weighted by atomic mass is 10.1. The van der Waals surface area contributed by atoms with Crippen molar-refractivity contribution in [3.05, 3.63) is 64.1 Å². The highest BCUT2D eigenvalue weighted by atomic mass is 16.4. The maximum absolute atomic E-state index is 12.1. The van der Waals surface area contributed by atoms with Gasteiger partial charge in [-0.25, -0.2) is 4.79 Å². The van der Waals surface area contributed by atoms with E-state index in [-0.39, 0.29) is 5.76 Å². The van der Waals surface area contributed by atoms with Crippen molar-refractivity contribution < 1.29 is 4.42 Å². The molecule has 0 unspecified atom stereocenters. The summed E-state index contributed by atoms with van der Waals surface area (Å²) in [7, 11) is 1.84. The van der Waals surface area contributed by atoms with E-state index in [9.17, 15) is 4.79 Å². The molecule has 3 aromatic rings. The second-order valence-corrected chi connectivity index (χ2v) is 4.85. The standard InChI is InChI=1S/C16H16N2O2/c1-11-5-3-6-12(9-11)10-18-15-13(17-2)7-4-8-14(15)20-16(18)19/h3-9,17H,10H2,1-2H3. The van der Waals surface area contributed by atoms with Crippen molar-refractivity contribution in [2.45, 2.75) is 13.5 Å². The van der Waals surface area contributed by atoms with Crippen LogP contribution in [-0.4, -0.2) is 11.6 Å². The first-order chi connectivity index (χ1) is 9.69. The minimum Gasteiger partial charge on any atom is -0.408 e. The zero-order valence-corrected chi connectivity index (χ0v) is 11.5. The summed E-state index contributed by atoms with van der Waals surface area (Å²) in [4.78, 5) is 12.1. The molecular formula is C16H16N2O2. The van der Waals surface area contributed by atoms with Gasteiger partial charge in [0, 0.05) is 7.05 Å². The number of nitrogens with zero attached hydrogens (tertiary/aromatic N) is 1. The van der Waals surface area contributed by atoms with Crippen LogP contribution in [0.15, 0.2) is 51.7 Å². The first-order valence-electron chi connectivity index (χ1n) is 6.54. The second kappa shape index (κ2) is 4.89. The van der Waals surface area contributed by atoms with Gasteiger partial charge < -0.3 is 9.73 Å². The molecule has 0 atom stereocenters. The van der Waals surface area contributed by atoms with E-state index >= 15 is 0 Å². The van der Waals surface area contributed by atoms with Crippen LogP contribution in [0.4, 0.5) is 5.69 Å². The minimum atomic E-state index is -0.329. The monoisotopic (exact) mass is 268 g/mol. The fourth-order valence-electron chi connectivity index (χ4n) is 2.46. The molecule has 0 saturated carbocycles. The number of anilines is 1. The maximum Gasteiger partial charge on any atom is 0.420 e. The molecular weight excluding hydrogens is 252 g/mol. The van der Waals surface area contributed by atoms with Crippen LogP contribution >= 0.6 is 0 Å². The Morgan fingerprint density at radius 3 is 2.75 bits per heavy atom. The van der Waals surface area contributed by atoms with E-state index in [4.69, 9.17) is 4.42 Å². The van der Waals surface area contributed by atoms with Crippen LogP contribution < -0.4 is 11.1 Å². The average Bonchev–Trinajstić information content (AvgIpc) is 2.75. The lowest BCUT2D eigenvalue weighted by Crippen LogP contribution is -2.15. The number of aryl methyl sites for hydroxylation is 1. The Morgan fingerprint density at radius 1 is 1.20 bits per heavy atom. The quantitative estimate of drug-likeness (QED) is 0.794. The molecule has 4 nitrogen and oxygen atoms in total. The largest absolute Gasteiger partial charge is 0.420 e. The van der Waals surface area contributed by atoms with E-state index < -0.39 is 0 Å². The van der Waals surface area contributed by atoms with Gasteiger partial charge >= 0.3 is 5.76 Å². The summed E-state index contributed by atoms with van der Waals surface area (Å²) in [5.74, 6) is -0.329. The Balaban J connectivity index is 2.16. The normalized spacial score (nSPS) is 10.9. The topological polar surface area (TPSA) is 47.2 Å². The predicted molar refractivity (Wildman–Crippen MR) is 80.3 cm³/mol. The van der Waals surface area contributed by atoms with Crippen molar-refractivity contribution in [1.82, 2.24) is 4.57 Å². The van der Waals surface area contributed by atoms with Gasteiger partial charge in [0.1, 0.15) is 5.52 Å². The van der Waals surface area contributed by atoms with Gasteiger partial charge in [-0.1, -0.05) is 35.9 Å². The highest BCUT2D eigenvalue weighted by Crippen LogP contribution is 2.23. The van der Waals surface area contributed by atoms with Crippen LogP contribution in [0, 0.1) is 6.92 Å². The molecule has 102 valence electrons. The third kappa shape index (κ3) is 2.09. The average molecular weight is 268 g/mol. The Hall–Kier alpha value is -2.49. The summed E-state index contributed by atoms with van der Waals surface area (Å²) in [6.45, 7) is 2.55. The van der Waals surface area contributed by atoms with E-state index in [1.807, 2.05) is 50.4 Å². The maximum atomic E-state index is 12.1. The van der Waals surface area contributed by atoms with Gasteiger partial charge in [-0.05, 0) is 24.6 Å². The van der Waals surface area contributed by atoms with Gasteiger partial charge in [0.05, 0.1) is 12.2 Å². The van der Waals surface area contributed by atoms with Crippen molar-refractivity contribution in [2.24, 2.45) is 0 Å². The molecule has 1 heterocycles. The number of benzene rings is 2. The summed E-state index contributed by atoms with van der Waals surface area (Å²) in [6.07, 6.45) is 0. The number of hydrogen-bond acceptors (Lipinski definition) is 3. The third-order valence-corrected chi connectivity index (χ3v) is 3.38. The summed E-state index contributed by atoms with van der Waals surface area (Å²) in [5.41, 5.74) is 4.56. The van der Waals surface area contributed by atoms with Crippen LogP contribution in [0.2, 0.25) is 0 Å². The van der Waals surface area contributed by atoms with Gasteiger partial charge in [-0.2, -0.15) is 0 Å². The molecule has 0 aliphatic rings. The number of para-hydroxylation sites is 1. The highest BCUT2D eigenvalue weighted by Gasteiger charge is 2.12. The Bertz CT molecular complexity index is 815. The molecule has 0 amide bonds. The van der Waals surface area contributed by atoms with Gasteiger partial charge in [0.15, 0.2) is 5.58 Å². The highest BCUT2D eigenvalue weighted by molar-refractivity contribution is 5.87. The van der Waals surface area contributed by atoms with E-state index in [1.54, 1.807) is 4.57 Å². The van der Waals surface area contributed by atoms with Crippen molar-refractivity contribution in [3.8, 4) is 0 Å². The van der Waals surface area contributed by atoms with Gasteiger partial charge in [-0.3, -0.25) is 4.57 Å². The van der Waals surface area contributed by atoms with E-state index in [0.717, 1.165) is 16.8 Å². The summed E-state index contributed by atoms with van der Waals surface area (Å²) in [6, 6.07) is 13.7. The smallest absolute Gasteiger partial charge is 0.408 e. The molecule has 0 aliphatic carbocycles. The van der Waals surface area contributed by atoms with Crippen molar-refractivity contribution in [3.63, 3.8) is 0 Å². The van der Waals surface area contributed by atoms with Crippen molar-refractivity contribution in [2.75, 3.05) is 12.4 Å². The van der Waals surface area contributed by atoms with Crippen LogP contribution in [0.5, 0.6) is 0 Å². The van der Waals surface area contributed by atoms with E-state index in [0.29, 0.717) is 12.1 Å². The first kappa shape index (κ1) is 12.5. The molecule has 1 aromatic heterocycles. The van der Waals surface area contributed by atoms with Crippen molar-refractivity contribution >= 4 is 16.8 Å². The molecule has 0 bridgehead atoms. The number of hydrogen-bond donors (Lipinski definition) is 1. The molecule has 0 spiro atoms. The Kier molecular flexibility index (Phi) is 3.06. The van der Waals surface area contributed by atoms with E-state index in [1.165, 1.54) is 5.56 Å². The SMILES string of the molecule is CNc1cccc2oc(=O)n(Cc3cccc(C)c3)c12. The van der Waals surface area contributed by atoms with Crippen LogP contribution in [-0.2, 0) is 6.54 Å². The fraction of sp³-hybridized carbons (Fsp3) is 0.188. The minimum absolute atomic E-state index is 0.329. The first-order valence-corrected chi connectivity index (χ1v) is 6.54.